The lowest BCUT2D eigenvalue weighted by molar-refractivity contribution is -0.146. The molecule has 0 bridgehead atoms. The van der Waals surface area contributed by atoms with E-state index in [0.717, 1.165) is 0 Å². The Labute approximate surface area is 98.6 Å². The van der Waals surface area contributed by atoms with E-state index in [-0.39, 0.29) is 6.54 Å². The number of methoxy groups -OCH3 is 1. The average Bonchev–Trinajstić information content (AvgIpc) is 2.34. The smallest absolute Gasteiger partial charge is 0.330 e. The monoisotopic (exact) mass is 244 g/mol. The van der Waals surface area contributed by atoms with Gasteiger partial charge in [-0.15, -0.1) is 0 Å². The fourth-order valence-electron chi connectivity index (χ4n) is 1.06. The molecule has 8 heteroatoms. The van der Waals surface area contributed by atoms with E-state index in [9.17, 15) is 9.59 Å². The summed E-state index contributed by atoms with van der Waals surface area (Å²) in [6.07, 6.45) is 0.370. The highest BCUT2D eigenvalue weighted by atomic mass is 16.5. The molecule has 0 saturated heterocycles. The van der Waals surface area contributed by atoms with Gasteiger partial charge < -0.3 is 15.2 Å². The second-order valence-corrected chi connectivity index (χ2v) is 3.41. The molecule has 0 aliphatic rings. The first-order chi connectivity index (χ1) is 8.06. The van der Waals surface area contributed by atoms with Crippen LogP contribution in [0.2, 0.25) is 0 Å². The van der Waals surface area contributed by atoms with Crippen molar-refractivity contribution in [1.29, 1.82) is 0 Å². The van der Waals surface area contributed by atoms with Gasteiger partial charge in [-0.05, 0) is 12.0 Å². The van der Waals surface area contributed by atoms with Crippen molar-refractivity contribution < 1.29 is 19.4 Å². The second kappa shape index (κ2) is 8.37. The molecule has 2 N–H and O–H groups in total. The van der Waals surface area contributed by atoms with E-state index >= 15 is 0 Å². The summed E-state index contributed by atoms with van der Waals surface area (Å²) in [4.78, 5) is 25.2. The molecule has 17 heavy (non-hydrogen) atoms. The summed E-state index contributed by atoms with van der Waals surface area (Å²) in [7, 11) is 1.17. The average molecular weight is 244 g/mol. The quantitative estimate of drug-likeness (QED) is 0.282. The van der Waals surface area contributed by atoms with Gasteiger partial charge in [0.15, 0.2) is 6.04 Å². The molecule has 0 heterocycles. The molecule has 0 radical (unpaired) electrons. The summed E-state index contributed by atoms with van der Waals surface area (Å²) in [5, 5.41) is 14.5. The highest BCUT2D eigenvalue weighted by Crippen LogP contribution is 2.03. The van der Waals surface area contributed by atoms with Crippen LogP contribution in [-0.4, -0.2) is 43.3 Å². The Bertz CT molecular complexity index is 314. The zero-order chi connectivity index (χ0) is 13.3. The van der Waals surface area contributed by atoms with Gasteiger partial charge in [-0.2, -0.15) is 0 Å². The zero-order valence-corrected chi connectivity index (χ0v) is 9.79. The fourth-order valence-corrected chi connectivity index (χ4v) is 1.06. The van der Waals surface area contributed by atoms with Crippen molar-refractivity contribution >= 4 is 11.9 Å². The lowest BCUT2D eigenvalue weighted by Crippen LogP contribution is -2.46. The van der Waals surface area contributed by atoms with Crippen LogP contribution in [0, 0.1) is 5.92 Å². The Hall–Kier alpha value is -1.79. The van der Waals surface area contributed by atoms with Crippen molar-refractivity contribution in [2.75, 3.05) is 20.3 Å². The Morgan fingerprint density at radius 3 is 2.71 bits per heavy atom. The number of rotatable bonds is 7. The van der Waals surface area contributed by atoms with E-state index in [1.54, 1.807) is 6.92 Å². The molecule has 8 nitrogen and oxygen atoms in total. The van der Waals surface area contributed by atoms with Crippen LogP contribution in [0.1, 0.15) is 13.3 Å². The summed E-state index contributed by atoms with van der Waals surface area (Å²) >= 11 is 0. The number of nitrogens with one attached hydrogen (secondary N) is 1. The minimum Gasteiger partial charge on any atom is -0.467 e. The number of hydrogen-bond donors (Lipinski definition) is 2. The summed E-state index contributed by atoms with van der Waals surface area (Å²) < 4.78 is 4.40. The number of hydrogen-bond acceptors (Lipinski definition) is 5. The van der Waals surface area contributed by atoms with Crippen LogP contribution >= 0.6 is 0 Å². The van der Waals surface area contributed by atoms with E-state index in [1.165, 1.54) is 7.11 Å². The second-order valence-electron chi connectivity index (χ2n) is 3.41. The highest BCUT2D eigenvalue weighted by Gasteiger charge is 2.22. The van der Waals surface area contributed by atoms with Gasteiger partial charge in [0.25, 0.3) is 0 Å². The SMILES string of the molecule is COC(=O)[C@H](CO)NC(=O)[C@H](C)CCN=[N+]=[N-]. The first-order valence-electron chi connectivity index (χ1n) is 5.06. The normalized spacial score (nSPS) is 13.1. The van der Waals surface area contributed by atoms with Gasteiger partial charge in [0, 0.05) is 17.4 Å². The van der Waals surface area contributed by atoms with E-state index in [4.69, 9.17) is 10.6 Å². The Balaban J connectivity index is 4.21. The number of aliphatic hydroxyl groups excluding tert-OH is 1. The molecular formula is C9H16N4O4. The fraction of sp³-hybridized carbons (Fsp3) is 0.778. The minimum atomic E-state index is -1.06. The number of aliphatic hydroxyl groups is 1. The molecule has 0 unspecified atom stereocenters. The van der Waals surface area contributed by atoms with E-state index in [0.29, 0.717) is 6.42 Å². The molecule has 96 valence electrons. The Morgan fingerprint density at radius 1 is 1.59 bits per heavy atom. The molecule has 0 fully saturated rings. The maximum atomic E-state index is 11.6. The molecule has 0 spiro atoms. The minimum absolute atomic E-state index is 0.201. The number of esters is 1. The third kappa shape index (κ3) is 5.74. The lowest BCUT2D eigenvalue weighted by Gasteiger charge is -2.16. The van der Waals surface area contributed by atoms with Gasteiger partial charge in [-0.25, -0.2) is 4.79 Å². The van der Waals surface area contributed by atoms with Gasteiger partial charge >= 0.3 is 5.97 Å². The summed E-state index contributed by atoms with van der Waals surface area (Å²) in [6.45, 7) is 1.31. The molecule has 0 aliphatic carbocycles. The number of amides is 1. The highest BCUT2D eigenvalue weighted by molar-refractivity contribution is 5.85. The number of carbonyl (C=O) groups is 2. The molecule has 0 aromatic rings. The molecule has 0 aliphatic heterocycles. The van der Waals surface area contributed by atoms with Crippen molar-refractivity contribution in [3.63, 3.8) is 0 Å². The van der Waals surface area contributed by atoms with Gasteiger partial charge in [-0.1, -0.05) is 12.0 Å². The predicted octanol–water partition coefficient (Wildman–Crippen LogP) is -0.0270. The van der Waals surface area contributed by atoms with Crippen molar-refractivity contribution in [3.8, 4) is 0 Å². The largest absolute Gasteiger partial charge is 0.467 e. The lowest BCUT2D eigenvalue weighted by atomic mass is 10.1. The van der Waals surface area contributed by atoms with Crippen molar-refractivity contribution in [2.24, 2.45) is 11.0 Å². The molecule has 0 rings (SSSR count). The van der Waals surface area contributed by atoms with Crippen LogP contribution in [0.5, 0.6) is 0 Å². The summed E-state index contributed by atoms with van der Waals surface area (Å²) in [5.74, 6) is -1.52. The molecule has 2 atom stereocenters. The van der Waals surface area contributed by atoms with Crippen LogP contribution < -0.4 is 5.32 Å². The molecule has 0 aromatic carbocycles. The van der Waals surface area contributed by atoms with Gasteiger partial charge in [0.1, 0.15) is 0 Å². The van der Waals surface area contributed by atoms with Crippen LogP contribution in [0.3, 0.4) is 0 Å². The van der Waals surface area contributed by atoms with Gasteiger partial charge in [0.2, 0.25) is 5.91 Å². The summed E-state index contributed by atoms with van der Waals surface area (Å²) in [6, 6.07) is -1.06. The van der Waals surface area contributed by atoms with Gasteiger partial charge in [0.05, 0.1) is 13.7 Å². The predicted molar refractivity (Wildman–Crippen MR) is 58.8 cm³/mol. The van der Waals surface area contributed by atoms with Crippen molar-refractivity contribution in [2.45, 2.75) is 19.4 Å². The van der Waals surface area contributed by atoms with Crippen LogP contribution in [0.25, 0.3) is 10.4 Å². The molecule has 0 saturated carbocycles. The molecule has 0 aromatic heterocycles. The van der Waals surface area contributed by atoms with E-state index in [2.05, 4.69) is 20.1 Å². The Morgan fingerprint density at radius 2 is 2.24 bits per heavy atom. The molecule has 1 amide bonds. The van der Waals surface area contributed by atoms with E-state index in [1.807, 2.05) is 0 Å². The van der Waals surface area contributed by atoms with Crippen LogP contribution in [0.15, 0.2) is 5.11 Å². The first kappa shape index (κ1) is 15.2. The maximum Gasteiger partial charge on any atom is 0.330 e. The Kier molecular flexibility index (Phi) is 7.49. The zero-order valence-electron chi connectivity index (χ0n) is 9.79. The van der Waals surface area contributed by atoms with Crippen LogP contribution in [-0.2, 0) is 14.3 Å². The standard InChI is InChI=1S/C9H16N4O4/c1-6(3-4-11-13-10)8(15)12-7(5-14)9(16)17-2/h6-7,14H,3-5H2,1-2H3,(H,12,15)/t6-,7+/m1/s1. The van der Waals surface area contributed by atoms with E-state index < -0.39 is 30.4 Å². The number of ether oxygens (including phenoxy) is 1. The topological polar surface area (TPSA) is 124 Å². The van der Waals surface area contributed by atoms with Crippen molar-refractivity contribution in [3.05, 3.63) is 10.4 Å². The number of nitrogens with zero attached hydrogens (tertiary/aromatic N) is 3. The maximum absolute atomic E-state index is 11.6. The first-order valence-corrected chi connectivity index (χ1v) is 5.06. The van der Waals surface area contributed by atoms with Crippen LogP contribution in [0.4, 0.5) is 0 Å². The number of azide groups is 1. The third-order valence-electron chi connectivity index (χ3n) is 2.16. The summed E-state index contributed by atoms with van der Waals surface area (Å²) in [5.41, 5.74) is 8.07. The molecular weight excluding hydrogens is 228 g/mol. The number of carbonyl (C=O) groups excluding carboxylic acids is 2. The third-order valence-corrected chi connectivity index (χ3v) is 2.16. The van der Waals surface area contributed by atoms with Gasteiger partial charge in [-0.3, -0.25) is 4.79 Å². The van der Waals surface area contributed by atoms with Crippen molar-refractivity contribution in [1.82, 2.24) is 5.32 Å².